The van der Waals surface area contributed by atoms with Gasteiger partial charge in [-0.3, -0.25) is 9.69 Å². The van der Waals surface area contributed by atoms with Crippen LogP contribution >= 0.6 is 0 Å². The third kappa shape index (κ3) is 4.18. The van der Waals surface area contributed by atoms with Gasteiger partial charge in [0.2, 0.25) is 0 Å². The Hall–Kier alpha value is -3.09. The number of anilines is 1. The van der Waals surface area contributed by atoms with Crippen molar-refractivity contribution in [3.63, 3.8) is 0 Å². The number of amides is 3. The molecule has 1 aliphatic heterocycles. The highest BCUT2D eigenvalue weighted by Gasteiger charge is 2.42. The van der Waals surface area contributed by atoms with Crippen LogP contribution in [0.25, 0.3) is 0 Å². The molecule has 0 bridgehead atoms. The summed E-state index contributed by atoms with van der Waals surface area (Å²) in [6.45, 7) is 1.65. The van der Waals surface area contributed by atoms with Gasteiger partial charge in [-0.1, -0.05) is 12.1 Å². The van der Waals surface area contributed by atoms with E-state index in [1.165, 1.54) is 12.1 Å². The Morgan fingerprint density at radius 2 is 2.00 bits per heavy atom. The maximum Gasteiger partial charge on any atom is 0.322 e. The molecule has 0 aromatic heterocycles. The van der Waals surface area contributed by atoms with E-state index in [1.807, 2.05) is 0 Å². The van der Waals surface area contributed by atoms with Gasteiger partial charge < -0.3 is 15.4 Å². The molecule has 2 fully saturated rings. The lowest BCUT2D eigenvalue weighted by Gasteiger charge is -2.19. The average molecular weight is 397 g/mol. The summed E-state index contributed by atoms with van der Waals surface area (Å²) in [5.41, 5.74) is 2.18. The molecule has 1 heterocycles. The van der Waals surface area contributed by atoms with Crippen LogP contribution in [0.5, 0.6) is 5.75 Å². The van der Waals surface area contributed by atoms with Crippen LogP contribution in [-0.4, -0.2) is 38.7 Å². The Labute approximate surface area is 169 Å². The molecule has 2 aromatic carbocycles. The molecule has 4 rings (SSSR count). The van der Waals surface area contributed by atoms with Gasteiger partial charge in [0.15, 0.2) is 0 Å². The lowest BCUT2D eigenvalue weighted by molar-refractivity contribution is 0.0944. The number of nitrogens with zero attached hydrogens (tertiary/aromatic N) is 1. The lowest BCUT2D eigenvalue weighted by Crippen LogP contribution is -2.32. The van der Waals surface area contributed by atoms with Crippen molar-refractivity contribution < 1.29 is 18.7 Å². The van der Waals surface area contributed by atoms with Crippen LogP contribution in [-0.2, 0) is 6.42 Å². The summed E-state index contributed by atoms with van der Waals surface area (Å²) in [7, 11) is 1.54. The van der Waals surface area contributed by atoms with E-state index in [2.05, 4.69) is 10.6 Å². The predicted molar refractivity (Wildman–Crippen MR) is 108 cm³/mol. The molecule has 152 valence electrons. The first kappa shape index (κ1) is 19.2. The zero-order valence-electron chi connectivity index (χ0n) is 16.3. The van der Waals surface area contributed by atoms with E-state index in [0.29, 0.717) is 36.6 Å². The van der Waals surface area contributed by atoms with Crippen LogP contribution < -0.4 is 20.3 Å². The molecule has 1 saturated carbocycles. The molecule has 0 atom stereocenters. The fourth-order valence-electron chi connectivity index (χ4n) is 3.74. The van der Waals surface area contributed by atoms with Crippen LogP contribution in [0.1, 0.15) is 28.8 Å². The van der Waals surface area contributed by atoms with Crippen molar-refractivity contribution in [1.82, 2.24) is 10.6 Å². The zero-order valence-corrected chi connectivity index (χ0v) is 16.3. The summed E-state index contributed by atoms with van der Waals surface area (Å²) in [6, 6.07) is 11.4. The Morgan fingerprint density at radius 1 is 1.24 bits per heavy atom. The Balaban J connectivity index is 1.43. The van der Waals surface area contributed by atoms with Crippen molar-refractivity contribution in [2.24, 2.45) is 5.41 Å². The Kier molecular flexibility index (Phi) is 5.13. The van der Waals surface area contributed by atoms with Gasteiger partial charge in [0.25, 0.3) is 5.91 Å². The van der Waals surface area contributed by atoms with Gasteiger partial charge in [-0.25, -0.2) is 9.18 Å². The van der Waals surface area contributed by atoms with Crippen LogP contribution in [0.2, 0.25) is 0 Å². The molecule has 29 heavy (non-hydrogen) atoms. The minimum atomic E-state index is -0.242. The first-order valence-electron chi connectivity index (χ1n) is 9.76. The number of nitrogens with one attached hydrogen (secondary N) is 2. The minimum absolute atomic E-state index is 0.0393. The number of ether oxygens (including phenoxy) is 1. The highest BCUT2D eigenvalue weighted by molar-refractivity contribution is 5.99. The summed E-state index contributed by atoms with van der Waals surface area (Å²) < 4.78 is 18.5. The number of hydrogen-bond acceptors (Lipinski definition) is 3. The van der Waals surface area contributed by atoms with Gasteiger partial charge in [-0.05, 0) is 60.6 Å². The highest BCUT2D eigenvalue weighted by Crippen LogP contribution is 2.47. The van der Waals surface area contributed by atoms with Crippen molar-refractivity contribution >= 4 is 17.6 Å². The van der Waals surface area contributed by atoms with Crippen LogP contribution in [0.15, 0.2) is 42.5 Å². The van der Waals surface area contributed by atoms with Gasteiger partial charge in [-0.15, -0.1) is 0 Å². The molecule has 7 heteroatoms. The SMILES string of the molecule is COc1ccc(C(=O)NCC2(Cc3ccc(F)cc3)CC2)cc1N1CCNC1=O. The molecule has 1 aliphatic carbocycles. The fraction of sp³-hybridized carbons (Fsp3) is 0.364. The van der Waals surface area contributed by atoms with Crippen LogP contribution in [0.4, 0.5) is 14.9 Å². The minimum Gasteiger partial charge on any atom is -0.495 e. The standard InChI is InChI=1S/C22H24FN3O3/c1-29-19-7-4-16(12-18(19)26-11-10-24-21(26)28)20(27)25-14-22(8-9-22)13-15-2-5-17(23)6-3-15/h2-7,12H,8-11,13-14H2,1H3,(H,24,28)(H,25,27). The van der Waals surface area contributed by atoms with E-state index in [-0.39, 0.29) is 23.2 Å². The van der Waals surface area contributed by atoms with Gasteiger partial charge in [0, 0.05) is 25.2 Å². The number of benzene rings is 2. The summed E-state index contributed by atoms with van der Waals surface area (Å²) in [4.78, 5) is 26.3. The summed E-state index contributed by atoms with van der Waals surface area (Å²) in [6.07, 6.45) is 2.88. The molecule has 0 radical (unpaired) electrons. The molecule has 1 saturated heterocycles. The average Bonchev–Trinajstić information content (AvgIpc) is 3.37. The highest BCUT2D eigenvalue weighted by atomic mass is 19.1. The Bertz CT molecular complexity index is 925. The molecule has 2 aromatic rings. The van der Waals surface area contributed by atoms with Crippen molar-refractivity contribution in [1.29, 1.82) is 0 Å². The largest absolute Gasteiger partial charge is 0.495 e. The number of hydrogen-bond donors (Lipinski definition) is 2. The molecule has 0 spiro atoms. The second-order valence-corrected chi connectivity index (χ2v) is 7.76. The first-order valence-corrected chi connectivity index (χ1v) is 9.76. The third-order valence-corrected chi connectivity index (χ3v) is 5.66. The topological polar surface area (TPSA) is 70.7 Å². The molecular weight excluding hydrogens is 373 g/mol. The second-order valence-electron chi connectivity index (χ2n) is 7.76. The number of halogens is 1. The molecular formula is C22H24FN3O3. The van der Waals surface area contributed by atoms with Crippen LogP contribution in [0.3, 0.4) is 0 Å². The van der Waals surface area contributed by atoms with Crippen molar-refractivity contribution in [3.8, 4) is 5.75 Å². The van der Waals surface area contributed by atoms with Gasteiger partial charge in [-0.2, -0.15) is 0 Å². The molecule has 0 unspecified atom stereocenters. The second kappa shape index (κ2) is 7.73. The molecule has 2 N–H and O–H groups in total. The van der Waals surface area contributed by atoms with E-state index < -0.39 is 0 Å². The third-order valence-electron chi connectivity index (χ3n) is 5.66. The Morgan fingerprint density at radius 3 is 2.62 bits per heavy atom. The maximum absolute atomic E-state index is 13.1. The maximum atomic E-state index is 13.1. The van der Waals surface area contributed by atoms with Crippen molar-refractivity contribution in [2.45, 2.75) is 19.3 Å². The lowest BCUT2D eigenvalue weighted by atomic mass is 9.96. The van der Waals surface area contributed by atoms with E-state index in [0.717, 1.165) is 24.8 Å². The number of methoxy groups -OCH3 is 1. The monoisotopic (exact) mass is 397 g/mol. The van der Waals surface area contributed by atoms with Crippen LogP contribution in [0, 0.1) is 11.2 Å². The summed E-state index contributed by atoms with van der Waals surface area (Å²) >= 11 is 0. The normalized spacial score (nSPS) is 17.0. The van der Waals surface area contributed by atoms with E-state index in [4.69, 9.17) is 4.74 Å². The zero-order chi connectivity index (χ0) is 20.4. The number of rotatable bonds is 7. The van der Waals surface area contributed by atoms with Crippen molar-refractivity contribution in [2.75, 3.05) is 31.6 Å². The molecule has 6 nitrogen and oxygen atoms in total. The van der Waals surface area contributed by atoms with E-state index in [9.17, 15) is 14.0 Å². The summed E-state index contributed by atoms with van der Waals surface area (Å²) in [5.74, 6) is 0.126. The number of urea groups is 1. The predicted octanol–water partition coefficient (Wildman–Crippen LogP) is 3.12. The van der Waals surface area contributed by atoms with Gasteiger partial charge >= 0.3 is 6.03 Å². The van der Waals surface area contributed by atoms with Gasteiger partial charge in [0.1, 0.15) is 11.6 Å². The van der Waals surface area contributed by atoms with E-state index in [1.54, 1.807) is 42.3 Å². The molecule has 3 amide bonds. The van der Waals surface area contributed by atoms with E-state index >= 15 is 0 Å². The smallest absolute Gasteiger partial charge is 0.322 e. The van der Waals surface area contributed by atoms with Crippen molar-refractivity contribution in [3.05, 3.63) is 59.4 Å². The number of carbonyl (C=O) groups excluding carboxylic acids is 2. The number of carbonyl (C=O) groups is 2. The summed E-state index contributed by atoms with van der Waals surface area (Å²) in [5, 5.41) is 5.78. The quantitative estimate of drug-likeness (QED) is 0.754. The first-order chi connectivity index (χ1) is 14.0. The molecule has 2 aliphatic rings. The van der Waals surface area contributed by atoms with Gasteiger partial charge in [0.05, 0.1) is 12.8 Å². The fourth-order valence-corrected chi connectivity index (χ4v) is 3.74.